The van der Waals surface area contributed by atoms with Gasteiger partial charge in [-0.1, -0.05) is 24.3 Å². The minimum absolute atomic E-state index is 0.0306. The predicted octanol–water partition coefficient (Wildman–Crippen LogP) is 5.10. The largest absolute Gasteiger partial charge is 0.508 e. The quantitative estimate of drug-likeness (QED) is 0.356. The van der Waals surface area contributed by atoms with Crippen LogP contribution in [0.3, 0.4) is 0 Å². The highest BCUT2D eigenvalue weighted by Crippen LogP contribution is 2.43. The van der Waals surface area contributed by atoms with E-state index in [4.69, 9.17) is 0 Å². The van der Waals surface area contributed by atoms with Gasteiger partial charge in [0.15, 0.2) is 5.78 Å². The van der Waals surface area contributed by atoms with Crippen LogP contribution in [0.15, 0.2) is 42.5 Å². The highest BCUT2D eigenvalue weighted by Gasteiger charge is 2.48. The van der Waals surface area contributed by atoms with E-state index in [1.54, 1.807) is 31.2 Å². The van der Waals surface area contributed by atoms with Crippen molar-refractivity contribution in [3.63, 3.8) is 0 Å². The number of ketones is 1. The molecule has 2 aliphatic heterocycles. The van der Waals surface area contributed by atoms with Crippen molar-refractivity contribution in [1.29, 1.82) is 0 Å². The SMILES string of the molecule is Cc1c(F)cccc1C1C(C(=O)N2C(C)CC[C@@H]2C)CN(CCCCN(C)C)C[C@H]1C(=O)c1cccc(O)c1. The van der Waals surface area contributed by atoms with Crippen LogP contribution in [0, 0.1) is 24.6 Å². The summed E-state index contributed by atoms with van der Waals surface area (Å²) in [7, 11) is 4.12. The fourth-order valence-electron chi connectivity index (χ4n) is 6.68. The fourth-order valence-corrected chi connectivity index (χ4v) is 6.68. The number of Topliss-reactive ketones (excluding diaryl/α,β-unsaturated/α-hetero) is 1. The maximum Gasteiger partial charge on any atom is 0.228 e. The molecular weight excluding hydrogens is 493 g/mol. The lowest BCUT2D eigenvalue weighted by Crippen LogP contribution is -2.55. The normalized spacial score (nSPS) is 25.8. The molecule has 2 fully saturated rings. The van der Waals surface area contributed by atoms with Crippen molar-refractivity contribution in [1.82, 2.24) is 14.7 Å². The number of unbranched alkanes of at least 4 members (excludes halogenated alkanes) is 1. The van der Waals surface area contributed by atoms with Gasteiger partial charge in [-0.05, 0) is 103 Å². The standard InChI is InChI=1S/C32H44FN3O3/c1-21-14-15-22(2)36(21)32(39)28-20-35(17-7-6-16-34(4)5)19-27(31(38)24-10-8-11-25(37)18-24)30(28)26-12-9-13-29(33)23(26)3/h8-13,18,21-22,27-28,30,37H,6-7,14-17,19-20H2,1-5H3/t21-,22?,27+,28?,30?/m0/s1. The molecule has 1 amide bonds. The molecular formula is C32H44FN3O3. The molecule has 2 aromatic rings. The van der Waals surface area contributed by atoms with E-state index in [0.29, 0.717) is 24.2 Å². The molecule has 2 saturated heterocycles. The fraction of sp³-hybridized carbons (Fsp3) is 0.562. The summed E-state index contributed by atoms with van der Waals surface area (Å²) in [6.45, 7) is 8.75. The molecule has 39 heavy (non-hydrogen) atoms. The first-order chi connectivity index (χ1) is 18.6. The average Bonchev–Trinajstić information content (AvgIpc) is 3.24. The third-order valence-corrected chi connectivity index (χ3v) is 8.77. The summed E-state index contributed by atoms with van der Waals surface area (Å²) < 4.78 is 14.9. The zero-order chi connectivity index (χ0) is 28.3. The number of phenolic OH excluding ortho intramolecular Hbond substituents is 1. The molecule has 5 atom stereocenters. The van der Waals surface area contributed by atoms with Crippen molar-refractivity contribution in [3.8, 4) is 5.75 Å². The second kappa shape index (κ2) is 12.6. The van der Waals surface area contributed by atoms with Gasteiger partial charge in [0.05, 0.1) is 5.92 Å². The zero-order valence-electron chi connectivity index (χ0n) is 24.1. The first-order valence-electron chi connectivity index (χ1n) is 14.4. The number of nitrogens with zero attached hydrogens (tertiary/aromatic N) is 3. The van der Waals surface area contributed by atoms with E-state index in [2.05, 4.69) is 37.7 Å². The highest BCUT2D eigenvalue weighted by molar-refractivity contribution is 5.99. The van der Waals surface area contributed by atoms with Gasteiger partial charge in [0.25, 0.3) is 0 Å². The van der Waals surface area contributed by atoms with Crippen molar-refractivity contribution in [2.75, 3.05) is 40.3 Å². The number of phenols is 1. The molecule has 4 rings (SSSR count). The Balaban J connectivity index is 1.77. The van der Waals surface area contributed by atoms with E-state index in [1.165, 1.54) is 12.1 Å². The molecule has 3 unspecified atom stereocenters. The number of hydrogen-bond acceptors (Lipinski definition) is 5. The smallest absolute Gasteiger partial charge is 0.228 e. The lowest BCUT2D eigenvalue weighted by Gasteiger charge is -2.45. The Morgan fingerprint density at radius 3 is 2.33 bits per heavy atom. The Labute approximate surface area is 232 Å². The van der Waals surface area contributed by atoms with Gasteiger partial charge in [-0.25, -0.2) is 4.39 Å². The van der Waals surface area contributed by atoms with Crippen LogP contribution in [-0.4, -0.2) is 83.9 Å². The third-order valence-electron chi connectivity index (χ3n) is 8.77. The minimum Gasteiger partial charge on any atom is -0.508 e. The van der Waals surface area contributed by atoms with Gasteiger partial charge in [-0.2, -0.15) is 0 Å². The van der Waals surface area contributed by atoms with Gasteiger partial charge in [0.1, 0.15) is 11.6 Å². The lowest BCUT2D eigenvalue weighted by atomic mass is 9.69. The maximum absolute atomic E-state index is 14.9. The van der Waals surface area contributed by atoms with Crippen LogP contribution in [-0.2, 0) is 4.79 Å². The van der Waals surface area contributed by atoms with E-state index >= 15 is 0 Å². The van der Waals surface area contributed by atoms with E-state index in [-0.39, 0.29) is 35.3 Å². The summed E-state index contributed by atoms with van der Waals surface area (Å²) in [5, 5.41) is 10.1. The van der Waals surface area contributed by atoms with Crippen molar-refractivity contribution >= 4 is 11.7 Å². The van der Waals surface area contributed by atoms with Crippen molar-refractivity contribution in [2.24, 2.45) is 11.8 Å². The number of halogens is 1. The molecule has 0 saturated carbocycles. The van der Waals surface area contributed by atoms with Crippen LogP contribution in [0.1, 0.15) is 66.9 Å². The number of piperidine rings is 1. The number of aromatic hydroxyl groups is 1. The van der Waals surface area contributed by atoms with Crippen LogP contribution in [0.4, 0.5) is 4.39 Å². The van der Waals surface area contributed by atoms with Crippen molar-refractivity contribution in [2.45, 2.75) is 64.5 Å². The molecule has 2 aliphatic rings. The van der Waals surface area contributed by atoms with Crippen LogP contribution >= 0.6 is 0 Å². The van der Waals surface area contributed by atoms with Gasteiger partial charge in [-0.3, -0.25) is 9.59 Å². The van der Waals surface area contributed by atoms with E-state index in [0.717, 1.165) is 44.3 Å². The molecule has 2 aromatic carbocycles. The Hall–Kier alpha value is -2.77. The lowest BCUT2D eigenvalue weighted by molar-refractivity contribution is -0.141. The van der Waals surface area contributed by atoms with Gasteiger partial charge < -0.3 is 19.8 Å². The van der Waals surface area contributed by atoms with E-state index in [1.807, 2.05) is 11.0 Å². The zero-order valence-corrected chi connectivity index (χ0v) is 24.1. The Bertz CT molecular complexity index is 1160. The molecule has 7 heteroatoms. The summed E-state index contributed by atoms with van der Waals surface area (Å²) >= 11 is 0. The number of amides is 1. The van der Waals surface area contributed by atoms with Crippen molar-refractivity contribution < 1.29 is 19.1 Å². The Morgan fingerprint density at radius 1 is 1.00 bits per heavy atom. The van der Waals surface area contributed by atoms with Gasteiger partial charge in [0, 0.05) is 42.6 Å². The summed E-state index contributed by atoms with van der Waals surface area (Å²) in [6, 6.07) is 11.7. The number of hydrogen-bond donors (Lipinski definition) is 1. The maximum atomic E-state index is 14.9. The summed E-state index contributed by atoms with van der Waals surface area (Å²) in [5.41, 5.74) is 1.65. The Morgan fingerprint density at radius 2 is 1.67 bits per heavy atom. The van der Waals surface area contributed by atoms with Gasteiger partial charge >= 0.3 is 0 Å². The van der Waals surface area contributed by atoms with Gasteiger partial charge in [-0.15, -0.1) is 0 Å². The summed E-state index contributed by atoms with van der Waals surface area (Å²) in [4.78, 5) is 35.0. The average molecular weight is 538 g/mol. The van der Waals surface area contributed by atoms with E-state index < -0.39 is 17.8 Å². The second-order valence-electron chi connectivity index (χ2n) is 11.9. The molecule has 212 valence electrons. The van der Waals surface area contributed by atoms with Crippen LogP contribution in [0.25, 0.3) is 0 Å². The molecule has 0 spiro atoms. The molecule has 2 heterocycles. The highest BCUT2D eigenvalue weighted by atomic mass is 19.1. The van der Waals surface area contributed by atoms with Crippen molar-refractivity contribution in [3.05, 3.63) is 65.0 Å². The van der Waals surface area contributed by atoms with E-state index in [9.17, 15) is 19.1 Å². The number of likely N-dealkylation sites (tertiary alicyclic amines) is 2. The first-order valence-corrected chi connectivity index (χ1v) is 14.4. The molecule has 0 aliphatic carbocycles. The molecule has 0 aromatic heterocycles. The van der Waals surface area contributed by atoms with Crippen LogP contribution in [0.2, 0.25) is 0 Å². The minimum atomic E-state index is -0.544. The number of rotatable bonds is 9. The molecule has 1 N–H and O–H groups in total. The number of benzene rings is 2. The number of carbonyl (C=O) groups is 2. The molecule has 0 radical (unpaired) electrons. The second-order valence-corrected chi connectivity index (χ2v) is 11.9. The molecule has 0 bridgehead atoms. The first kappa shape index (κ1) is 29.2. The monoisotopic (exact) mass is 537 g/mol. The summed E-state index contributed by atoms with van der Waals surface area (Å²) in [5.74, 6) is -1.81. The molecule has 6 nitrogen and oxygen atoms in total. The summed E-state index contributed by atoms with van der Waals surface area (Å²) in [6.07, 6.45) is 3.92. The topological polar surface area (TPSA) is 64.1 Å². The van der Waals surface area contributed by atoms with Crippen LogP contribution < -0.4 is 0 Å². The van der Waals surface area contributed by atoms with Gasteiger partial charge in [0.2, 0.25) is 5.91 Å². The third kappa shape index (κ3) is 6.52. The number of carbonyl (C=O) groups excluding carboxylic acids is 2. The Kier molecular flexibility index (Phi) is 9.44. The van der Waals surface area contributed by atoms with Crippen LogP contribution in [0.5, 0.6) is 5.75 Å². The predicted molar refractivity (Wildman–Crippen MR) is 153 cm³/mol.